The van der Waals surface area contributed by atoms with Crippen LogP contribution in [0.25, 0.3) is 0 Å². The zero-order chi connectivity index (χ0) is 20.3. The van der Waals surface area contributed by atoms with E-state index in [1.807, 2.05) is 61.5 Å². The Bertz CT molecular complexity index is 911. The molecule has 0 bridgehead atoms. The molecule has 5 nitrogen and oxygen atoms in total. The van der Waals surface area contributed by atoms with Crippen LogP contribution in [-0.2, 0) is 9.59 Å². The molecule has 1 saturated carbocycles. The number of hydrogen-bond donors (Lipinski definition) is 1. The molecule has 1 fully saturated rings. The third-order valence-electron chi connectivity index (χ3n) is 5.86. The summed E-state index contributed by atoms with van der Waals surface area (Å²) in [7, 11) is 0. The van der Waals surface area contributed by atoms with Crippen LogP contribution in [0.5, 0.6) is 0 Å². The summed E-state index contributed by atoms with van der Waals surface area (Å²) in [5, 5.41) is 2.93. The molecular weight excluding hydrogens is 362 g/mol. The van der Waals surface area contributed by atoms with Gasteiger partial charge < -0.3 is 10.2 Å². The van der Waals surface area contributed by atoms with Crippen molar-refractivity contribution in [3.63, 3.8) is 0 Å². The summed E-state index contributed by atoms with van der Waals surface area (Å²) in [5.74, 6) is -0.326. The number of hydrogen-bond acceptors (Lipinski definition) is 3. The Morgan fingerprint density at radius 1 is 1.00 bits per heavy atom. The highest BCUT2D eigenvalue weighted by molar-refractivity contribution is 6.47. The van der Waals surface area contributed by atoms with E-state index < -0.39 is 5.66 Å². The summed E-state index contributed by atoms with van der Waals surface area (Å²) in [6, 6.07) is 17.3. The molecule has 0 saturated heterocycles. The summed E-state index contributed by atoms with van der Waals surface area (Å²) in [4.78, 5) is 32.8. The maximum absolute atomic E-state index is 13.3. The molecule has 1 spiro atoms. The highest BCUT2D eigenvalue weighted by Crippen LogP contribution is 2.38. The lowest BCUT2D eigenvalue weighted by molar-refractivity contribution is -0.133. The van der Waals surface area contributed by atoms with Gasteiger partial charge in [0.05, 0.1) is 0 Å². The molecule has 1 aliphatic heterocycles. The van der Waals surface area contributed by atoms with Crippen LogP contribution in [0.3, 0.4) is 0 Å². The average molecular weight is 389 g/mol. The molecule has 150 valence electrons. The predicted octanol–water partition coefficient (Wildman–Crippen LogP) is 4.32. The maximum atomic E-state index is 13.3. The molecule has 1 N–H and O–H groups in total. The van der Waals surface area contributed by atoms with E-state index >= 15 is 0 Å². The van der Waals surface area contributed by atoms with Crippen molar-refractivity contribution in [2.45, 2.75) is 51.1 Å². The van der Waals surface area contributed by atoms with Crippen LogP contribution >= 0.6 is 0 Å². The first-order chi connectivity index (χ1) is 14.1. The molecule has 2 aromatic carbocycles. The fourth-order valence-corrected chi connectivity index (χ4v) is 4.29. The van der Waals surface area contributed by atoms with Crippen molar-refractivity contribution in [3.05, 3.63) is 65.7 Å². The number of aryl methyl sites for hydroxylation is 1. The Morgan fingerprint density at radius 3 is 2.31 bits per heavy atom. The zero-order valence-electron chi connectivity index (χ0n) is 16.9. The van der Waals surface area contributed by atoms with Crippen molar-refractivity contribution in [1.82, 2.24) is 4.90 Å². The highest BCUT2D eigenvalue weighted by atomic mass is 16.2. The van der Waals surface area contributed by atoms with Gasteiger partial charge >= 0.3 is 0 Å². The lowest BCUT2D eigenvalue weighted by atomic mass is 10.00. The van der Waals surface area contributed by atoms with Gasteiger partial charge in [0.2, 0.25) is 5.91 Å². The first-order valence-corrected chi connectivity index (χ1v) is 10.4. The van der Waals surface area contributed by atoms with Crippen LogP contribution in [-0.4, -0.2) is 34.6 Å². The van der Waals surface area contributed by atoms with Crippen LogP contribution in [0, 0.1) is 6.92 Å². The minimum absolute atomic E-state index is 0.0204. The summed E-state index contributed by atoms with van der Waals surface area (Å²) >= 11 is 0. The number of anilines is 1. The van der Waals surface area contributed by atoms with E-state index in [-0.39, 0.29) is 18.4 Å². The molecule has 0 atom stereocenters. The molecule has 0 radical (unpaired) electrons. The Kier molecular flexibility index (Phi) is 5.47. The van der Waals surface area contributed by atoms with Crippen molar-refractivity contribution in [3.8, 4) is 0 Å². The van der Waals surface area contributed by atoms with E-state index in [0.717, 1.165) is 55.3 Å². The average Bonchev–Trinajstić information content (AvgIpc) is 2.88. The van der Waals surface area contributed by atoms with Gasteiger partial charge in [-0.1, -0.05) is 60.9 Å². The largest absolute Gasteiger partial charge is 0.325 e. The van der Waals surface area contributed by atoms with Crippen LogP contribution < -0.4 is 5.32 Å². The summed E-state index contributed by atoms with van der Waals surface area (Å²) in [6.45, 7) is 2.03. The lowest BCUT2D eigenvalue weighted by Crippen LogP contribution is -2.50. The fraction of sp³-hybridized carbons (Fsp3) is 0.375. The van der Waals surface area contributed by atoms with Gasteiger partial charge in [-0.15, -0.1) is 0 Å². The Labute approximate surface area is 171 Å². The second-order valence-electron chi connectivity index (χ2n) is 8.03. The first kappa shape index (κ1) is 19.4. The Hall–Kier alpha value is -2.95. The van der Waals surface area contributed by atoms with E-state index in [1.165, 1.54) is 0 Å². The number of rotatable bonds is 4. The molecule has 0 unspecified atom stereocenters. The number of benzene rings is 2. The van der Waals surface area contributed by atoms with Crippen LogP contribution in [0.4, 0.5) is 5.69 Å². The highest BCUT2D eigenvalue weighted by Gasteiger charge is 2.47. The fourth-order valence-electron chi connectivity index (χ4n) is 4.29. The maximum Gasteiger partial charge on any atom is 0.275 e. The first-order valence-electron chi connectivity index (χ1n) is 10.4. The number of nitrogens with zero attached hydrogens (tertiary/aromatic N) is 2. The third-order valence-corrected chi connectivity index (χ3v) is 5.86. The van der Waals surface area contributed by atoms with Gasteiger partial charge in [-0.3, -0.25) is 14.6 Å². The lowest BCUT2D eigenvalue weighted by Gasteiger charge is -2.35. The van der Waals surface area contributed by atoms with Crippen molar-refractivity contribution >= 4 is 23.2 Å². The second kappa shape index (κ2) is 8.19. The van der Waals surface area contributed by atoms with Crippen LogP contribution in [0.2, 0.25) is 0 Å². The monoisotopic (exact) mass is 389 g/mol. The second-order valence-corrected chi connectivity index (χ2v) is 8.03. The standard InChI is InChI=1S/C24H27N3O2/c1-18-11-13-20(14-12-18)25-21(28)17-27-23(29)22(19-9-5-4-6-10-19)26-24(27)15-7-2-3-8-16-24/h4-6,9-14H,2-3,7-8,15-17H2,1H3,(H,25,28). The van der Waals surface area contributed by atoms with E-state index in [4.69, 9.17) is 4.99 Å². The smallest absolute Gasteiger partial charge is 0.275 e. The van der Waals surface area contributed by atoms with E-state index in [0.29, 0.717) is 5.71 Å². The predicted molar refractivity (Wildman–Crippen MR) is 115 cm³/mol. The summed E-state index contributed by atoms with van der Waals surface area (Å²) in [6.07, 6.45) is 5.97. The number of amides is 2. The quantitative estimate of drug-likeness (QED) is 0.847. The van der Waals surface area contributed by atoms with E-state index in [9.17, 15) is 9.59 Å². The van der Waals surface area contributed by atoms with Crippen LogP contribution in [0.1, 0.15) is 49.7 Å². The van der Waals surface area contributed by atoms with Gasteiger partial charge in [0.25, 0.3) is 5.91 Å². The Morgan fingerprint density at radius 2 is 1.66 bits per heavy atom. The third kappa shape index (κ3) is 4.09. The minimum Gasteiger partial charge on any atom is -0.325 e. The number of nitrogens with one attached hydrogen (secondary N) is 1. The molecule has 0 aromatic heterocycles. The molecule has 1 heterocycles. The van der Waals surface area contributed by atoms with Gasteiger partial charge in [-0.2, -0.15) is 0 Å². The van der Waals surface area contributed by atoms with Gasteiger partial charge in [0.1, 0.15) is 17.9 Å². The number of carbonyl (C=O) groups excluding carboxylic acids is 2. The van der Waals surface area contributed by atoms with Crippen LogP contribution in [0.15, 0.2) is 59.6 Å². The molecule has 2 aromatic rings. The molecule has 1 aliphatic carbocycles. The van der Waals surface area contributed by atoms with Gasteiger partial charge in [0, 0.05) is 11.3 Å². The molecule has 4 rings (SSSR count). The van der Waals surface area contributed by atoms with Gasteiger partial charge in [-0.05, 0) is 44.7 Å². The minimum atomic E-state index is -0.594. The molecule has 5 heteroatoms. The summed E-state index contributed by atoms with van der Waals surface area (Å²) < 4.78 is 0. The molecule has 2 amide bonds. The SMILES string of the molecule is Cc1ccc(NC(=O)CN2C(=O)C(c3ccccc3)=NC23CCCCCC3)cc1. The van der Waals surface area contributed by atoms with Gasteiger partial charge in [0.15, 0.2) is 0 Å². The molecule has 2 aliphatic rings. The normalized spacial score (nSPS) is 18.4. The summed E-state index contributed by atoms with van der Waals surface area (Å²) in [5.41, 5.74) is 2.59. The van der Waals surface area contributed by atoms with Crippen molar-refractivity contribution in [1.29, 1.82) is 0 Å². The van der Waals surface area contributed by atoms with Crippen molar-refractivity contribution in [2.24, 2.45) is 4.99 Å². The molecule has 29 heavy (non-hydrogen) atoms. The van der Waals surface area contributed by atoms with Crippen molar-refractivity contribution < 1.29 is 9.59 Å². The van der Waals surface area contributed by atoms with E-state index in [1.54, 1.807) is 4.90 Å². The number of aliphatic imine (C=N–C) groups is 1. The van der Waals surface area contributed by atoms with Crippen molar-refractivity contribution in [2.75, 3.05) is 11.9 Å². The van der Waals surface area contributed by atoms with E-state index in [2.05, 4.69) is 5.32 Å². The molecular formula is C24H27N3O2. The number of carbonyl (C=O) groups is 2. The van der Waals surface area contributed by atoms with Gasteiger partial charge in [-0.25, -0.2) is 0 Å². The zero-order valence-corrected chi connectivity index (χ0v) is 16.9. The topological polar surface area (TPSA) is 61.8 Å². The Balaban J connectivity index is 1.59.